The highest BCUT2D eigenvalue weighted by Gasteiger charge is 2.29. The van der Waals surface area contributed by atoms with Crippen molar-refractivity contribution in [3.63, 3.8) is 0 Å². The van der Waals surface area contributed by atoms with E-state index < -0.39 is 33.8 Å². The van der Waals surface area contributed by atoms with Gasteiger partial charge in [-0.1, -0.05) is 25.4 Å². The Morgan fingerprint density at radius 1 is 1.42 bits per heavy atom. The highest BCUT2D eigenvalue weighted by atomic mass is 35.5. The lowest BCUT2D eigenvalue weighted by Crippen LogP contribution is -2.44. The average Bonchev–Trinajstić information content (AvgIpc) is 2.24. The smallest absolute Gasteiger partial charge is 0.322 e. The molecule has 0 aliphatic rings. The van der Waals surface area contributed by atoms with Crippen LogP contribution >= 0.6 is 11.6 Å². The number of sulfonamides is 1. The Hall–Kier alpha value is -1.18. The summed E-state index contributed by atoms with van der Waals surface area (Å²) in [4.78, 5) is 10.6. The first-order chi connectivity index (χ1) is 8.65. The molecule has 0 saturated heterocycles. The number of hydrogen-bond acceptors (Lipinski definition) is 3. The summed E-state index contributed by atoms with van der Waals surface area (Å²) in [7, 11) is -4.13. The zero-order chi connectivity index (χ0) is 14.8. The lowest BCUT2D eigenvalue weighted by Gasteiger charge is -2.18. The Labute approximate surface area is 115 Å². The number of carboxylic acid groups (broad SMARTS) is 1. The van der Waals surface area contributed by atoms with Crippen LogP contribution in [0.4, 0.5) is 4.39 Å². The number of halogens is 2. The van der Waals surface area contributed by atoms with Gasteiger partial charge in [-0.3, -0.25) is 4.79 Å². The molecule has 0 radical (unpaired) electrons. The van der Waals surface area contributed by atoms with Crippen LogP contribution in [0.3, 0.4) is 0 Å². The fourth-order valence-electron chi connectivity index (χ4n) is 1.40. The third kappa shape index (κ3) is 3.89. The fourth-order valence-corrected chi connectivity index (χ4v) is 3.26. The van der Waals surface area contributed by atoms with Crippen molar-refractivity contribution < 1.29 is 22.7 Å². The van der Waals surface area contributed by atoms with Crippen molar-refractivity contribution in [3.05, 3.63) is 29.0 Å². The van der Waals surface area contributed by atoms with Gasteiger partial charge in [0.25, 0.3) is 0 Å². The minimum absolute atomic E-state index is 0.305. The van der Waals surface area contributed by atoms with Gasteiger partial charge in [-0.05, 0) is 24.1 Å². The first-order valence-electron chi connectivity index (χ1n) is 5.35. The Balaban J connectivity index is 3.14. The summed E-state index contributed by atoms with van der Waals surface area (Å²) in [6, 6.07) is 1.48. The summed E-state index contributed by atoms with van der Waals surface area (Å²) in [5, 5.41) is 8.64. The van der Waals surface area contributed by atoms with Gasteiger partial charge in [0.15, 0.2) is 0 Å². The molecule has 5 nitrogen and oxygen atoms in total. The Bertz CT molecular complexity index is 588. The van der Waals surface area contributed by atoms with Crippen molar-refractivity contribution in [2.24, 2.45) is 5.92 Å². The van der Waals surface area contributed by atoms with Gasteiger partial charge in [0.2, 0.25) is 10.0 Å². The highest BCUT2D eigenvalue weighted by Crippen LogP contribution is 2.22. The zero-order valence-electron chi connectivity index (χ0n) is 10.2. The minimum atomic E-state index is -4.13. The standard InChI is InChI=1S/C11H13ClFNO4S/c1-6(2)10(11(15)16)14-19(17,18)9-4-3-7(13)5-8(9)12/h3-6,10,14H,1-2H3,(H,15,16)/t10-/m1/s1. The van der Waals surface area contributed by atoms with Crippen molar-refractivity contribution in [3.8, 4) is 0 Å². The summed E-state index contributed by atoms with van der Waals surface area (Å²) in [5.74, 6) is -2.43. The first kappa shape index (κ1) is 15.9. The quantitative estimate of drug-likeness (QED) is 0.869. The molecule has 1 aromatic rings. The van der Waals surface area contributed by atoms with Crippen LogP contribution in [0.15, 0.2) is 23.1 Å². The normalized spacial score (nSPS) is 13.5. The highest BCUT2D eigenvalue weighted by molar-refractivity contribution is 7.89. The first-order valence-corrected chi connectivity index (χ1v) is 7.21. The second-order valence-electron chi connectivity index (χ2n) is 4.26. The number of carboxylic acids is 1. The zero-order valence-corrected chi connectivity index (χ0v) is 11.8. The van der Waals surface area contributed by atoms with E-state index in [1.807, 2.05) is 4.72 Å². The second-order valence-corrected chi connectivity index (χ2v) is 6.35. The molecule has 0 unspecified atom stereocenters. The Morgan fingerprint density at radius 2 is 2.00 bits per heavy atom. The fraction of sp³-hybridized carbons (Fsp3) is 0.364. The maximum Gasteiger partial charge on any atom is 0.322 e. The van der Waals surface area contributed by atoms with Gasteiger partial charge >= 0.3 is 5.97 Å². The average molecular weight is 310 g/mol. The summed E-state index contributed by atoms with van der Waals surface area (Å²) in [5.41, 5.74) is 0. The molecule has 0 aromatic heterocycles. The molecule has 19 heavy (non-hydrogen) atoms. The molecule has 0 bridgehead atoms. The maximum atomic E-state index is 12.9. The third-order valence-corrected chi connectivity index (χ3v) is 4.32. The molecular formula is C11H13ClFNO4S. The van der Waals surface area contributed by atoms with Crippen LogP contribution in [0.2, 0.25) is 5.02 Å². The van der Waals surface area contributed by atoms with Gasteiger partial charge in [0, 0.05) is 0 Å². The van der Waals surface area contributed by atoms with E-state index in [0.717, 1.165) is 18.2 Å². The molecule has 0 spiro atoms. The van der Waals surface area contributed by atoms with Gasteiger partial charge < -0.3 is 5.11 Å². The summed E-state index contributed by atoms with van der Waals surface area (Å²) >= 11 is 5.65. The topological polar surface area (TPSA) is 83.5 Å². The third-order valence-electron chi connectivity index (χ3n) is 2.40. The van der Waals surface area contributed by atoms with Crippen LogP contribution < -0.4 is 4.72 Å². The van der Waals surface area contributed by atoms with Gasteiger partial charge in [0.1, 0.15) is 16.8 Å². The van der Waals surface area contributed by atoms with Crippen LogP contribution in [-0.4, -0.2) is 25.5 Å². The van der Waals surface area contributed by atoms with Crippen LogP contribution in [0.25, 0.3) is 0 Å². The van der Waals surface area contributed by atoms with Crippen LogP contribution in [-0.2, 0) is 14.8 Å². The molecule has 0 saturated carbocycles. The second kappa shape index (κ2) is 5.85. The van der Waals surface area contributed by atoms with E-state index in [1.54, 1.807) is 13.8 Å². The molecule has 0 aliphatic heterocycles. The molecule has 0 fully saturated rings. The SMILES string of the molecule is CC(C)[C@@H](NS(=O)(=O)c1ccc(F)cc1Cl)C(=O)O. The predicted molar refractivity (Wildman–Crippen MR) is 68.0 cm³/mol. The minimum Gasteiger partial charge on any atom is -0.480 e. The monoisotopic (exact) mass is 309 g/mol. The number of nitrogens with one attached hydrogen (secondary N) is 1. The van der Waals surface area contributed by atoms with Crippen molar-refractivity contribution in [2.75, 3.05) is 0 Å². The van der Waals surface area contributed by atoms with E-state index in [0.29, 0.717) is 0 Å². The molecule has 0 aliphatic carbocycles. The number of aliphatic carboxylic acids is 1. The number of hydrogen-bond donors (Lipinski definition) is 2. The van der Waals surface area contributed by atoms with Crippen molar-refractivity contribution >= 4 is 27.6 Å². The van der Waals surface area contributed by atoms with E-state index in [-0.39, 0.29) is 9.92 Å². The van der Waals surface area contributed by atoms with E-state index in [1.165, 1.54) is 0 Å². The van der Waals surface area contributed by atoms with E-state index in [4.69, 9.17) is 16.7 Å². The van der Waals surface area contributed by atoms with Crippen molar-refractivity contribution in [2.45, 2.75) is 24.8 Å². The van der Waals surface area contributed by atoms with Gasteiger partial charge in [0.05, 0.1) is 5.02 Å². The molecule has 2 N–H and O–H groups in total. The van der Waals surface area contributed by atoms with Crippen LogP contribution in [0, 0.1) is 11.7 Å². The molecule has 106 valence electrons. The number of benzene rings is 1. The molecule has 1 atom stereocenters. The molecular weight excluding hydrogens is 297 g/mol. The Kier molecular flexibility index (Phi) is 4.89. The van der Waals surface area contributed by atoms with E-state index in [9.17, 15) is 17.6 Å². The lowest BCUT2D eigenvalue weighted by molar-refractivity contribution is -0.140. The summed E-state index contributed by atoms with van der Waals surface area (Å²) in [6.45, 7) is 3.13. The molecule has 0 heterocycles. The van der Waals surface area contributed by atoms with E-state index in [2.05, 4.69) is 0 Å². The maximum absolute atomic E-state index is 12.9. The lowest BCUT2D eigenvalue weighted by atomic mass is 10.1. The largest absolute Gasteiger partial charge is 0.480 e. The molecule has 0 amide bonds. The van der Waals surface area contributed by atoms with Gasteiger partial charge in [-0.2, -0.15) is 4.72 Å². The van der Waals surface area contributed by atoms with Crippen LogP contribution in [0.5, 0.6) is 0 Å². The molecule has 8 heteroatoms. The van der Waals surface area contributed by atoms with Crippen molar-refractivity contribution in [1.82, 2.24) is 4.72 Å². The number of carbonyl (C=O) groups is 1. The number of rotatable bonds is 5. The van der Waals surface area contributed by atoms with Crippen molar-refractivity contribution in [1.29, 1.82) is 0 Å². The summed E-state index contributed by atoms with van der Waals surface area (Å²) in [6.07, 6.45) is 0. The Morgan fingerprint density at radius 3 is 2.42 bits per heavy atom. The van der Waals surface area contributed by atoms with Crippen LogP contribution in [0.1, 0.15) is 13.8 Å². The molecule has 1 aromatic carbocycles. The van der Waals surface area contributed by atoms with E-state index >= 15 is 0 Å². The summed E-state index contributed by atoms with van der Waals surface area (Å²) < 4.78 is 38.9. The molecule has 1 rings (SSSR count). The van der Waals surface area contributed by atoms with Gasteiger partial charge in [-0.25, -0.2) is 12.8 Å². The predicted octanol–water partition coefficient (Wildman–Crippen LogP) is 1.87. The van der Waals surface area contributed by atoms with Gasteiger partial charge in [-0.15, -0.1) is 0 Å².